The van der Waals surface area contributed by atoms with Crippen LogP contribution < -0.4 is 14.9 Å². The van der Waals surface area contributed by atoms with Crippen LogP contribution >= 0.6 is 0 Å². The van der Waals surface area contributed by atoms with Crippen LogP contribution in [0.5, 0.6) is 11.5 Å². The molecular weight excluding hydrogens is 344 g/mol. The fourth-order valence-corrected chi connectivity index (χ4v) is 1.93. The number of rotatable bonds is 7. The van der Waals surface area contributed by atoms with E-state index < -0.39 is 13.2 Å². The lowest BCUT2D eigenvalue weighted by atomic mass is 10.2. The minimum Gasteiger partial charge on any atom is -0.435 e. The number of hydrogen-bond acceptors (Lipinski definition) is 6. The molecule has 10 heteroatoms. The maximum absolute atomic E-state index is 12.5. The molecule has 25 heavy (non-hydrogen) atoms. The summed E-state index contributed by atoms with van der Waals surface area (Å²) in [6.45, 7) is -2.66. The maximum atomic E-state index is 12.5. The minimum atomic E-state index is -3.13. The Hall–Kier alpha value is -2.91. The van der Waals surface area contributed by atoms with Crippen molar-refractivity contribution in [1.82, 2.24) is 9.97 Å². The van der Waals surface area contributed by atoms with E-state index >= 15 is 0 Å². The smallest absolute Gasteiger partial charge is 0.387 e. The second-order valence-corrected chi connectivity index (χ2v) is 4.80. The van der Waals surface area contributed by atoms with Crippen molar-refractivity contribution in [3.63, 3.8) is 0 Å². The summed E-state index contributed by atoms with van der Waals surface area (Å²) in [5, 5.41) is 3.84. The number of hydrogen-bond donors (Lipinski definition) is 1. The number of benzene rings is 1. The predicted molar refractivity (Wildman–Crippen MR) is 82.4 cm³/mol. The van der Waals surface area contributed by atoms with Crippen LogP contribution in [0.2, 0.25) is 0 Å². The van der Waals surface area contributed by atoms with Gasteiger partial charge in [-0.1, -0.05) is 0 Å². The van der Waals surface area contributed by atoms with Crippen LogP contribution in [0, 0.1) is 13.8 Å². The first-order valence-corrected chi connectivity index (χ1v) is 6.98. The van der Waals surface area contributed by atoms with Crippen molar-refractivity contribution >= 4 is 12.2 Å². The zero-order valence-electron chi connectivity index (χ0n) is 13.2. The number of anilines is 1. The molecule has 2 aromatic rings. The Morgan fingerprint density at radius 1 is 1.00 bits per heavy atom. The molecule has 6 nitrogen and oxygen atoms in total. The van der Waals surface area contributed by atoms with Gasteiger partial charge in [-0.25, -0.2) is 15.4 Å². The monoisotopic (exact) mass is 358 g/mol. The molecule has 0 aliphatic rings. The number of nitrogens with zero attached hydrogens (tertiary/aromatic N) is 3. The van der Waals surface area contributed by atoms with Gasteiger partial charge in [-0.2, -0.15) is 22.7 Å². The van der Waals surface area contributed by atoms with Crippen molar-refractivity contribution in [2.45, 2.75) is 27.1 Å². The van der Waals surface area contributed by atoms with Gasteiger partial charge in [0.1, 0.15) is 11.5 Å². The number of aryl methyl sites for hydroxylation is 2. The van der Waals surface area contributed by atoms with Crippen molar-refractivity contribution in [2.75, 3.05) is 5.43 Å². The van der Waals surface area contributed by atoms with E-state index in [1.54, 1.807) is 19.9 Å². The van der Waals surface area contributed by atoms with E-state index in [4.69, 9.17) is 0 Å². The quantitative estimate of drug-likeness (QED) is 0.464. The van der Waals surface area contributed by atoms with Gasteiger partial charge in [0.05, 0.1) is 6.21 Å². The molecule has 134 valence electrons. The normalized spacial score (nSPS) is 11.4. The van der Waals surface area contributed by atoms with E-state index in [1.807, 2.05) is 0 Å². The highest BCUT2D eigenvalue weighted by Crippen LogP contribution is 2.26. The molecule has 2 rings (SSSR count). The number of nitrogens with one attached hydrogen (secondary N) is 1. The second-order valence-electron chi connectivity index (χ2n) is 4.80. The maximum Gasteiger partial charge on any atom is 0.387 e. The number of aromatic nitrogens is 2. The highest BCUT2D eigenvalue weighted by Gasteiger charge is 2.12. The number of halogens is 4. The number of alkyl halides is 4. The minimum absolute atomic E-state index is 0.124. The first-order valence-electron chi connectivity index (χ1n) is 6.98. The molecular formula is C15H14F4N4O2. The van der Waals surface area contributed by atoms with Gasteiger partial charge >= 0.3 is 13.2 Å². The van der Waals surface area contributed by atoms with Gasteiger partial charge < -0.3 is 9.47 Å². The summed E-state index contributed by atoms with van der Waals surface area (Å²) < 4.78 is 57.8. The van der Waals surface area contributed by atoms with Crippen molar-refractivity contribution < 1.29 is 27.0 Å². The average molecular weight is 358 g/mol. The first kappa shape index (κ1) is 18.4. The van der Waals surface area contributed by atoms with Crippen molar-refractivity contribution in [2.24, 2.45) is 5.10 Å². The van der Waals surface area contributed by atoms with E-state index in [0.29, 0.717) is 0 Å². The van der Waals surface area contributed by atoms with Gasteiger partial charge in [-0.3, -0.25) is 0 Å². The Morgan fingerprint density at radius 3 is 2.24 bits per heavy atom. The third-order valence-corrected chi connectivity index (χ3v) is 2.78. The molecule has 0 bridgehead atoms. The van der Waals surface area contributed by atoms with Crippen LogP contribution in [0.15, 0.2) is 29.4 Å². The summed E-state index contributed by atoms with van der Waals surface area (Å²) in [7, 11) is 0. The Balaban J connectivity index is 2.18. The van der Waals surface area contributed by atoms with E-state index in [-0.39, 0.29) is 23.0 Å². The molecule has 0 atom stereocenters. The van der Waals surface area contributed by atoms with Crippen LogP contribution in [-0.2, 0) is 0 Å². The molecule has 0 saturated heterocycles. The first-order chi connectivity index (χ1) is 11.8. The zero-order valence-corrected chi connectivity index (χ0v) is 13.2. The highest BCUT2D eigenvalue weighted by atomic mass is 19.3. The number of ether oxygens (including phenoxy) is 2. The molecule has 1 aromatic heterocycles. The van der Waals surface area contributed by atoms with Crippen molar-refractivity contribution in [3.8, 4) is 11.5 Å². The van der Waals surface area contributed by atoms with E-state index in [1.165, 1.54) is 18.3 Å². The van der Waals surface area contributed by atoms with Crippen LogP contribution in [0.25, 0.3) is 0 Å². The summed E-state index contributed by atoms with van der Waals surface area (Å²) in [6.07, 6.45) is 1.17. The molecule has 1 N–H and O–H groups in total. The van der Waals surface area contributed by atoms with Gasteiger partial charge in [-0.05, 0) is 32.0 Å². The summed E-state index contributed by atoms with van der Waals surface area (Å²) in [4.78, 5) is 8.18. The third-order valence-electron chi connectivity index (χ3n) is 2.78. The summed E-state index contributed by atoms with van der Waals surface area (Å²) in [5.74, 6) is -0.448. The largest absolute Gasteiger partial charge is 0.435 e. The molecule has 0 saturated carbocycles. The Kier molecular flexibility index (Phi) is 6.09. The number of hydrazone groups is 1. The standard InChI is InChI=1S/C15H14F4N4O2/c1-8-5-9(2)22-15(21-8)23-20-7-10-3-4-11(24-13(16)17)6-12(10)25-14(18)19/h3-7,13-14H,1-2H3,(H,21,22,23)/b20-7-. The van der Waals surface area contributed by atoms with Crippen LogP contribution in [-0.4, -0.2) is 29.4 Å². The van der Waals surface area contributed by atoms with E-state index in [9.17, 15) is 17.6 Å². The zero-order chi connectivity index (χ0) is 18.4. The van der Waals surface area contributed by atoms with Crippen LogP contribution in [0.1, 0.15) is 17.0 Å². The summed E-state index contributed by atoms with van der Waals surface area (Å²) >= 11 is 0. The molecule has 0 fully saturated rings. The molecule has 1 heterocycles. The fourth-order valence-electron chi connectivity index (χ4n) is 1.93. The van der Waals surface area contributed by atoms with Gasteiger partial charge in [0.15, 0.2) is 0 Å². The average Bonchev–Trinajstić information content (AvgIpc) is 2.47. The van der Waals surface area contributed by atoms with Crippen LogP contribution in [0.3, 0.4) is 0 Å². The van der Waals surface area contributed by atoms with Crippen molar-refractivity contribution in [1.29, 1.82) is 0 Å². The summed E-state index contributed by atoms with van der Waals surface area (Å²) in [5.41, 5.74) is 4.12. The van der Waals surface area contributed by atoms with Gasteiger partial charge in [0, 0.05) is 23.0 Å². The third kappa shape index (κ3) is 5.90. The summed E-state index contributed by atoms with van der Waals surface area (Å²) in [6, 6.07) is 5.13. The van der Waals surface area contributed by atoms with E-state index in [2.05, 4.69) is 30.0 Å². The lowest BCUT2D eigenvalue weighted by Gasteiger charge is -2.10. The van der Waals surface area contributed by atoms with Gasteiger partial charge in [0.25, 0.3) is 0 Å². The molecule has 0 unspecified atom stereocenters. The topological polar surface area (TPSA) is 68.6 Å². The van der Waals surface area contributed by atoms with Crippen molar-refractivity contribution in [3.05, 3.63) is 41.2 Å². The molecule has 0 aliphatic carbocycles. The Bertz CT molecular complexity index is 736. The lowest BCUT2D eigenvalue weighted by Crippen LogP contribution is -2.07. The molecule has 0 spiro atoms. The predicted octanol–water partition coefficient (Wildman–Crippen LogP) is 3.74. The Labute approximate surface area is 140 Å². The lowest BCUT2D eigenvalue weighted by molar-refractivity contribution is -0.0543. The molecule has 0 radical (unpaired) electrons. The van der Waals surface area contributed by atoms with Crippen LogP contribution in [0.4, 0.5) is 23.5 Å². The molecule has 0 aliphatic heterocycles. The SMILES string of the molecule is Cc1cc(C)nc(N/N=C\c2ccc(OC(F)F)cc2OC(F)F)n1. The second kappa shape index (κ2) is 8.27. The van der Waals surface area contributed by atoms with E-state index in [0.717, 1.165) is 17.5 Å². The Morgan fingerprint density at radius 2 is 1.64 bits per heavy atom. The molecule has 0 amide bonds. The van der Waals surface area contributed by atoms with Gasteiger partial charge in [0.2, 0.25) is 5.95 Å². The highest BCUT2D eigenvalue weighted by molar-refractivity contribution is 5.84. The van der Waals surface area contributed by atoms with Gasteiger partial charge in [-0.15, -0.1) is 0 Å². The molecule has 1 aromatic carbocycles. The fraction of sp³-hybridized carbons (Fsp3) is 0.267.